The van der Waals surface area contributed by atoms with Crippen molar-refractivity contribution in [3.8, 4) is 5.75 Å². The molecule has 1 aromatic carbocycles. The van der Waals surface area contributed by atoms with Crippen molar-refractivity contribution in [2.75, 3.05) is 0 Å². The molecule has 0 aliphatic carbocycles. The van der Waals surface area contributed by atoms with Crippen LogP contribution in [0.15, 0.2) is 30.3 Å². The third-order valence-corrected chi connectivity index (χ3v) is 3.32. The molecule has 1 nitrogen and oxygen atoms in total. The summed E-state index contributed by atoms with van der Waals surface area (Å²) in [6, 6.07) is 10.00. The lowest BCUT2D eigenvalue weighted by molar-refractivity contribution is 0.569. The summed E-state index contributed by atoms with van der Waals surface area (Å²) in [5.74, 6) is 0.974. The maximum atomic E-state index is 5.69. The molecule has 13 heavy (non-hydrogen) atoms. The van der Waals surface area contributed by atoms with Crippen LogP contribution in [0.2, 0.25) is 0 Å². The molecule has 72 valence electrons. The third-order valence-electron chi connectivity index (χ3n) is 2.07. The van der Waals surface area contributed by atoms with E-state index in [4.69, 9.17) is 4.52 Å². The molecule has 1 aromatic rings. The van der Waals surface area contributed by atoms with Crippen molar-refractivity contribution in [2.45, 2.75) is 32.3 Å². The molecule has 1 rings (SSSR count). The Balaban J connectivity index is 2.44. The Morgan fingerprint density at radius 1 is 1.23 bits per heavy atom. The molecule has 0 saturated heterocycles. The van der Waals surface area contributed by atoms with Gasteiger partial charge in [0, 0.05) is 5.16 Å². The van der Waals surface area contributed by atoms with E-state index in [1.165, 1.54) is 0 Å². The lowest BCUT2D eigenvalue weighted by Gasteiger charge is -2.21. The van der Waals surface area contributed by atoms with Gasteiger partial charge in [0.1, 0.15) is 5.75 Å². The smallest absolute Gasteiger partial charge is 0.122 e. The van der Waals surface area contributed by atoms with Gasteiger partial charge in [-0.1, -0.05) is 39.0 Å². The Morgan fingerprint density at radius 2 is 1.85 bits per heavy atom. The Labute approximate surface area is 82.4 Å². The number of hydrogen-bond donors (Lipinski definition) is 0. The Bertz CT molecular complexity index is 244. The summed E-state index contributed by atoms with van der Waals surface area (Å²) in [7, 11) is 0.536. The highest BCUT2D eigenvalue weighted by Crippen LogP contribution is 2.35. The first-order chi connectivity index (χ1) is 6.14. The molecule has 2 heteroatoms. The van der Waals surface area contributed by atoms with Gasteiger partial charge in [-0.05, 0) is 18.6 Å². The van der Waals surface area contributed by atoms with Crippen LogP contribution < -0.4 is 4.52 Å². The number of para-hydroxylation sites is 1. The second kappa shape index (κ2) is 4.62. The molecule has 0 bridgehead atoms. The zero-order valence-corrected chi connectivity index (χ0v) is 9.50. The molecule has 0 spiro atoms. The number of rotatable bonds is 4. The molecule has 1 atom stereocenters. The summed E-state index contributed by atoms with van der Waals surface area (Å²) in [6.45, 7) is 6.66. The van der Waals surface area contributed by atoms with E-state index in [1.54, 1.807) is 0 Å². The predicted molar refractivity (Wildman–Crippen MR) is 59.8 cm³/mol. The highest BCUT2D eigenvalue weighted by molar-refractivity contribution is 7.34. The van der Waals surface area contributed by atoms with Crippen molar-refractivity contribution in [2.24, 2.45) is 0 Å². The van der Waals surface area contributed by atoms with Gasteiger partial charge < -0.3 is 4.52 Å². The van der Waals surface area contributed by atoms with Gasteiger partial charge >= 0.3 is 0 Å². The SMILES string of the molecule is CCC(C)(C)POc1ccccc1. The molecule has 0 N–H and O–H groups in total. The van der Waals surface area contributed by atoms with E-state index in [0.717, 1.165) is 12.2 Å². The molecule has 0 saturated carbocycles. The lowest BCUT2D eigenvalue weighted by Crippen LogP contribution is -2.11. The fourth-order valence-electron chi connectivity index (χ4n) is 0.758. The monoisotopic (exact) mass is 196 g/mol. The van der Waals surface area contributed by atoms with Gasteiger partial charge in [0.05, 0.1) is 8.81 Å². The Morgan fingerprint density at radius 3 is 2.38 bits per heavy atom. The first kappa shape index (κ1) is 10.5. The van der Waals surface area contributed by atoms with Gasteiger partial charge in [-0.15, -0.1) is 0 Å². The van der Waals surface area contributed by atoms with Crippen molar-refractivity contribution >= 4 is 8.81 Å². The van der Waals surface area contributed by atoms with Gasteiger partial charge in [-0.2, -0.15) is 0 Å². The van der Waals surface area contributed by atoms with Crippen LogP contribution in [0, 0.1) is 0 Å². The Kier molecular flexibility index (Phi) is 3.74. The summed E-state index contributed by atoms with van der Waals surface area (Å²) >= 11 is 0. The topological polar surface area (TPSA) is 9.23 Å². The molecular formula is C11H17OP. The van der Waals surface area contributed by atoms with Gasteiger partial charge in [0.25, 0.3) is 0 Å². The molecule has 0 heterocycles. The quantitative estimate of drug-likeness (QED) is 0.664. The van der Waals surface area contributed by atoms with Crippen LogP contribution in [0.25, 0.3) is 0 Å². The fraction of sp³-hybridized carbons (Fsp3) is 0.455. The average Bonchev–Trinajstić information content (AvgIpc) is 2.17. The summed E-state index contributed by atoms with van der Waals surface area (Å²) in [6.07, 6.45) is 1.15. The largest absolute Gasteiger partial charge is 0.477 e. The molecule has 0 aliphatic heterocycles. The zero-order valence-electron chi connectivity index (χ0n) is 8.50. The average molecular weight is 196 g/mol. The van der Waals surface area contributed by atoms with Gasteiger partial charge in [-0.25, -0.2) is 0 Å². The van der Waals surface area contributed by atoms with Crippen LogP contribution in [0.3, 0.4) is 0 Å². The van der Waals surface area contributed by atoms with Crippen LogP contribution in [-0.2, 0) is 0 Å². The van der Waals surface area contributed by atoms with Gasteiger partial charge in [0.15, 0.2) is 0 Å². The van der Waals surface area contributed by atoms with Crippen molar-refractivity contribution < 1.29 is 4.52 Å². The van der Waals surface area contributed by atoms with Crippen molar-refractivity contribution in [1.29, 1.82) is 0 Å². The number of hydrogen-bond acceptors (Lipinski definition) is 1. The highest BCUT2D eigenvalue weighted by atomic mass is 31.1. The molecule has 0 radical (unpaired) electrons. The fourth-order valence-corrected chi connectivity index (χ4v) is 1.43. The third kappa shape index (κ3) is 3.78. The standard InChI is InChI=1S/C11H17OP/c1-4-11(2,3)13-12-10-8-6-5-7-9-10/h5-9,13H,4H2,1-3H3. The molecule has 0 amide bonds. The van der Waals surface area contributed by atoms with Crippen LogP contribution in [0.5, 0.6) is 5.75 Å². The van der Waals surface area contributed by atoms with Crippen LogP contribution in [0.4, 0.5) is 0 Å². The maximum Gasteiger partial charge on any atom is 0.122 e. The van der Waals surface area contributed by atoms with E-state index < -0.39 is 0 Å². The molecule has 1 unspecified atom stereocenters. The van der Waals surface area contributed by atoms with Crippen molar-refractivity contribution in [3.05, 3.63) is 30.3 Å². The van der Waals surface area contributed by atoms with E-state index in [9.17, 15) is 0 Å². The maximum absolute atomic E-state index is 5.69. The molecular weight excluding hydrogens is 179 g/mol. The summed E-state index contributed by atoms with van der Waals surface area (Å²) < 4.78 is 5.69. The lowest BCUT2D eigenvalue weighted by atomic mass is 10.1. The first-order valence-electron chi connectivity index (χ1n) is 4.63. The van der Waals surface area contributed by atoms with E-state index in [0.29, 0.717) is 14.0 Å². The highest BCUT2D eigenvalue weighted by Gasteiger charge is 2.16. The summed E-state index contributed by atoms with van der Waals surface area (Å²) in [4.78, 5) is 0. The minimum atomic E-state index is 0.301. The Hall–Kier alpha value is -0.550. The minimum absolute atomic E-state index is 0.301. The van der Waals surface area contributed by atoms with Crippen LogP contribution in [0.1, 0.15) is 27.2 Å². The van der Waals surface area contributed by atoms with Crippen molar-refractivity contribution in [3.63, 3.8) is 0 Å². The molecule has 0 aromatic heterocycles. The summed E-state index contributed by atoms with van der Waals surface area (Å²) in [5.41, 5.74) is 0. The van der Waals surface area contributed by atoms with Crippen LogP contribution in [-0.4, -0.2) is 5.16 Å². The molecule has 0 fully saturated rings. The predicted octanol–water partition coefficient (Wildman–Crippen LogP) is 3.85. The summed E-state index contributed by atoms with van der Waals surface area (Å²) in [5, 5.41) is 0.301. The van der Waals surface area contributed by atoms with E-state index >= 15 is 0 Å². The minimum Gasteiger partial charge on any atom is -0.477 e. The van der Waals surface area contributed by atoms with E-state index in [2.05, 4.69) is 20.8 Å². The van der Waals surface area contributed by atoms with E-state index in [-0.39, 0.29) is 0 Å². The van der Waals surface area contributed by atoms with Crippen LogP contribution >= 0.6 is 8.81 Å². The van der Waals surface area contributed by atoms with E-state index in [1.807, 2.05) is 30.3 Å². The zero-order chi connectivity index (χ0) is 9.73. The first-order valence-corrected chi connectivity index (χ1v) is 5.54. The van der Waals surface area contributed by atoms with Crippen molar-refractivity contribution in [1.82, 2.24) is 0 Å². The normalized spacial score (nSPS) is 12.2. The molecule has 0 aliphatic rings. The van der Waals surface area contributed by atoms with Gasteiger partial charge in [0.2, 0.25) is 0 Å². The second-order valence-corrected chi connectivity index (χ2v) is 5.52. The number of benzene rings is 1. The van der Waals surface area contributed by atoms with Gasteiger partial charge in [-0.3, -0.25) is 0 Å². The second-order valence-electron chi connectivity index (χ2n) is 3.75.